The van der Waals surface area contributed by atoms with Gasteiger partial charge in [0, 0.05) is 31.0 Å². The van der Waals surface area contributed by atoms with Gasteiger partial charge in [0.2, 0.25) is 17.7 Å². The summed E-state index contributed by atoms with van der Waals surface area (Å²) >= 11 is 0. The third-order valence-corrected chi connectivity index (χ3v) is 8.52. The number of nitrogens with one attached hydrogen (secondary N) is 2. The number of rotatable bonds is 10. The minimum absolute atomic E-state index is 0.0562. The van der Waals surface area contributed by atoms with Gasteiger partial charge in [-0.1, -0.05) is 6.07 Å². The van der Waals surface area contributed by atoms with Crippen molar-refractivity contribution in [3.05, 3.63) is 82.9 Å². The maximum atomic E-state index is 15.0. The fraction of sp³-hybridized carbons (Fsp3) is 0.267. The minimum Gasteiger partial charge on any atom is -0.494 e. The number of carboxylic acid groups (broad SMARTS) is 1. The summed E-state index contributed by atoms with van der Waals surface area (Å²) in [6, 6.07) is 7.60. The summed E-state index contributed by atoms with van der Waals surface area (Å²) in [5, 5.41) is 15.4. The van der Waals surface area contributed by atoms with E-state index in [2.05, 4.69) is 10.6 Å². The van der Waals surface area contributed by atoms with Crippen LogP contribution in [0.25, 0.3) is 0 Å². The van der Waals surface area contributed by atoms with Gasteiger partial charge in [0.05, 0.1) is 29.7 Å². The van der Waals surface area contributed by atoms with Gasteiger partial charge >= 0.3 is 5.97 Å². The summed E-state index contributed by atoms with van der Waals surface area (Å²) in [5.74, 6) is -6.64. The number of nitrogens with zero attached hydrogens (tertiary/aromatic N) is 1. The zero-order valence-corrected chi connectivity index (χ0v) is 25.2. The number of ether oxygens (including phenoxy) is 1. The van der Waals surface area contributed by atoms with Crippen LogP contribution in [0.1, 0.15) is 46.9 Å². The van der Waals surface area contributed by atoms with Gasteiger partial charge < -0.3 is 31.1 Å². The Kier molecular flexibility index (Phi) is 9.42. The highest BCUT2D eigenvalue weighted by Crippen LogP contribution is 2.43. The molecule has 238 valence electrons. The van der Waals surface area contributed by atoms with E-state index in [9.17, 15) is 41.5 Å². The Balaban J connectivity index is 1.91. The van der Waals surface area contributed by atoms with Gasteiger partial charge in [-0.15, -0.1) is 0 Å². The molecule has 0 radical (unpaired) electrons. The monoisotopic (exact) mass is 644 g/mol. The van der Waals surface area contributed by atoms with Crippen molar-refractivity contribution in [1.82, 2.24) is 4.90 Å². The van der Waals surface area contributed by atoms with Gasteiger partial charge in [0.15, 0.2) is 21.4 Å². The third kappa shape index (κ3) is 7.03. The summed E-state index contributed by atoms with van der Waals surface area (Å²) in [7, 11) is -2.78. The lowest BCUT2D eigenvalue weighted by Crippen LogP contribution is -2.40. The summed E-state index contributed by atoms with van der Waals surface area (Å²) in [6.07, 6.45) is 0.842. The summed E-state index contributed by atoms with van der Waals surface area (Å²) in [5.41, 5.74) is 5.14. The van der Waals surface area contributed by atoms with E-state index >= 15 is 0 Å². The van der Waals surface area contributed by atoms with Gasteiger partial charge in [-0.25, -0.2) is 17.2 Å². The summed E-state index contributed by atoms with van der Waals surface area (Å²) < 4.78 is 60.1. The van der Waals surface area contributed by atoms with Crippen molar-refractivity contribution in [2.75, 3.05) is 30.5 Å². The molecule has 0 spiro atoms. The Hall–Kier alpha value is -5.05. The SMILES string of the molecule is COc1cc([C@H](Nc2cc(C(N)=O)ccc2F)C(=O)N2CC[C@H](C(=O)O)[C@@H]2c2cc(NC(C)=O)ccc2S(C)(=O)=O)ccc1F. The molecule has 12 nitrogen and oxygen atoms in total. The fourth-order valence-corrected chi connectivity index (χ4v) is 6.26. The molecule has 15 heteroatoms. The number of sulfone groups is 1. The molecular formula is C30H30F2N4O8S. The molecule has 0 saturated carbocycles. The van der Waals surface area contributed by atoms with Crippen LogP contribution in [0.3, 0.4) is 0 Å². The van der Waals surface area contributed by atoms with Crippen molar-refractivity contribution in [1.29, 1.82) is 0 Å². The van der Waals surface area contributed by atoms with Gasteiger partial charge in [0.25, 0.3) is 0 Å². The molecule has 1 heterocycles. The lowest BCUT2D eigenvalue weighted by molar-refractivity contribution is -0.143. The van der Waals surface area contributed by atoms with Crippen LogP contribution in [0.15, 0.2) is 59.5 Å². The van der Waals surface area contributed by atoms with Crippen molar-refractivity contribution in [2.45, 2.75) is 30.3 Å². The number of halogens is 2. The summed E-state index contributed by atoms with van der Waals surface area (Å²) in [6.45, 7) is 1.07. The first-order valence-corrected chi connectivity index (χ1v) is 15.4. The number of anilines is 2. The van der Waals surface area contributed by atoms with E-state index in [1.165, 1.54) is 44.4 Å². The average Bonchev–Trinajstić information content (AvgIpc) is 3.41. The number of amides is 3. The number of carbonyl (C=O) groups excluding carboxylic acids is 3. The van der Waals surface area contributed by atoms with Crippen LogP contribution < -0.4 is 21.1 Å². The van der Waals surface area contributed by atoms with E-state index in [1.54, 1.807) is 0 Å². The largest absolute Gasteiger partial charge is 0.494 e. The topological polar surface area (TPSA) is 185 Å². The Morgan fingerprint density at radius 2 is 1.73 bits per heavy atom. The lowest BCUT2D eigenvalue weighted by Gasteiger charge is -2.32. The van der Waals surface area contributed by atoms with Crippen molar-refractivity contribution in [3.63, 3.8) is 0 Å². The number of carbonyl (C=O) groups is 4. The highest BCUT2D eigenvalue weighted by atomic mass is 32.2. The van der Waals surface area contributed by atoms with E-state index in [4.69, 9.17) is 10.5 Å². The quantitative estimate of drug-likeness (QED) is 0.257. The van der Waals surface area contributed by atoms with Crippen molar-refractivity contribution >= 4 is 44.9 Å². The third-order valence-electron chi connectivity index (χ3n) is 7.35. The molecule has 4 rings (SSSR count). The number of aliphatic carboxylic acids is 1. The average molecular weight is 645 g/mol. The Morgan fingerprint density at radius 1 is 1.04 bits per heavy atom. The van der Waals surface area contributed by atoms with Crippen LogP contribution in [0, 0.1) is 17.6 Å². The predicted octanol–water partition coefficient (Wildman–Crippen LogP) is 3.26. The van der Waals surface area contributed by atoms with Crippen LogP contribution in [0.5, 0.6) is 5.75 Å². The van der Waals surface area contributed by atoms with Crippen LogP contribution >= 0.6 is 0 Å². The molecule has 3 atom stereocenters. The first-order valence-electron chi connectivity index (χ1n) is 13.5. The van der Waals surface area contributed by atoms with Gasteiger partial charge in [-0.05, 0) is 66.1 Å². The number of likely N-dealkylation sites (tertiary alicyclic amines) is 1. The minimum atomic E-state index is -3.98. The van der Waals surface area contributed by atoms with Crippen molar-refractivity contribution in [3.8, 4) is 5.75 Å². The molecule has 0 aromatic heterocycles. The van der Waals surface area contributed by atoms with E-state index in [0.29, 0.717) is 0 Å². The second kappa shape index (κ2) is 12.9. The Morgan fingerprint density at radius 3 is 2.33 bits per heavy atom. The van der Waals surface area contributed by atoms with E-state index in [0.717, 1.165) is 35.4 Å². The predicted molar refractivity (Wildman–Crippen MR) is 158 cm³/mol. The zero-order chi connectivity index (χ0) is 33.2. The molecule has 5 N–H and O–H groups in total. The molecule has 1 aliphatic rings. The molecular weight excluding hydrogens is 614 g/mol. The lowest BCUT2D eigenvalue weighted by atomic mass is 9.92. The smallest absolute Gasteiger partial charge is 0.309 e. The highest BCUT2D eigenvalue weighted by Gasteiger charge is 2.46. The zero-order valence-electron chi connectivity index (χ0n) is 24.3. The molecule has 0 unspecified atom stereocenters. The molecule has 3 amide bonds. The molecule has 0 bridgehead atoms. The van der Waals surface area contributed by atoms with Crippen molar-refractivity contribution < 1.29 is 46.2 Å². The maximum absolute atomic E-state index is 15.0. The van der Waals surface area contributed by atoms with Crippen LogP contribution in [-0.4, -0.2) is 62.0 Å². The van der Waals surface area contributed by atoms with Crippen LogP contribution in [0.4, 0.5) is 20.2 Å². The summed E-state index contributed by atoms with van der Waals surface area (Å²) in [4.78, 5) is 51.3. The first-order chi connectivity index (χ1) is 21.1. The molecule has 45 heavy (non-hydrogen) atoms. The number of primary amides is 1. The number of hydrogen-bond acceptors (Lipinski definition) is 8. The van der Waals surface area contributed by atoms with E-state index in [1.807, 2.05) is 0 Å². The van der Waals surface area contributed by atoms with Gasteiger partial charge in [-0.2, -0.15) is 0 Å². The second-order valence-corrected chi connectivity index (χ2v) is 12.4. The molecule has 3 aromatic rings. The number of carboxylic acids is 1. The Labute approximate surface area is 257 Å². The van der Waals surface area contributed by atoms with Crippen LogP contribution in [-0.2, 0) is 24.2 Å². The van der Waals surface area contributed by atoms with E-state index < -0.39 is 63.2 Å². The number of hydrogen-bond donors (Lipinski definition) is 4. The molecule has 3 aromatic carbocycles. The Bertz CT molecular complexity index is 1800. The number of benzene rings is 3. The second-order valence-electron chi connectivity index (χ2n) is 10.4. The fourth-order valence-electron chi connectivity index (χ4n) is 5.34. The van der Waals surface area contributed by atoms with Crippen molar-refractivity contribution in [2.24, 2.45) is 11.7 Å². The van der Waals surface area contributed by atoms with E-state index in [-0.39, 0.29) is 51.7 Å². The maximum Gasteiger partial charge on any atom is 0.309 e. The van der Waals surface area contributed by atoms with Gasteiger partial charge in [0.1, 0.15) is 11.9 Å². The molecule has 1 saturated heterocycles. The molecule has 1 fully saturated rings. The highest BCUT2D eigenvalue weighted by molar-refractivity contribution is 7.90. The molecule has 1 aliphatic heterocycles. The first kappa shape index (κ1) is 32.9. The normalized spacial score (nSPS) is 17.0. The number of methoxy groups -OCH3 is 1. The number of nitrogens with two attached hydrogens (primary N) is 1. The van der Waals surface area contributed by atoms with Crippen LogP contribution in [0.2, 0.25) is 0 Å². The standard InChI is InChI=1S/C30H30F2N4O8S/c1-15(37)34-18-6-9-25(45(3,42)43)20(14-18)27-19(30(40)41)10-11-36(27)29(39)26(16-4-8-22(32)24(13-16)44-2)35-23-12-17(28(33)38)5-7-21(23)31/h4-9,12-14,19,26-27,35H,10-11H2,1-3H3,(H2,33,38)(H,34,37)(H,40,41)/t19-,26-,27+/m0/s1. The molecule has 0 aliphatic carbocycles. The van der Waals surface area contributed by atoms with Gasteiger partial charge in [-0.3, -0.25) is 19.2 Å².